The Kier molecular flexibility index (Phi) is 2.39. The number of ketones is 1. The van der Waals surface area contributed by atoms with Gasteiger partial charge in [-0.1, -0.05) is 20.8 Å². The first-order chi connectivity index (χ1) is 7.86. The minimum Gasteiger partial charge on any atom is -0.293 e. The van der Waals surface area contributed by atoms with Crippen LogP contribution in [0.25, 0.3) is 0 Å². The second-order valence-electron chi connectivity index (χ2n) is 7.43. The summed E-state index contributed by atoms with van der Waals surface area (Å²) in [5, 5.41) is 0. The van der Waals surface area contributed by atoms with E-state index < -0.39 is 0 Å². The summed E-state index contributed by atoms with van der Waals surface area (Å²) in [6.45, 7) is 14.2. The van der Waals surface area contributed by atoms with Crippen molar-refractivity contribution in [3.05, 3.63) is 0 Å². The molecule has 0 radical (unpaired) electrons. The first-order valence-corrected chi connectivity index (χ1v) is 6.75. The van der Waals surface area contributed by atoms with Crippen LogP contribution in [0.1, 0.15) is 20.8 Å². The summed E-state index contributed by atoms with van der Waals surface area (Å²) < 4.78 is 1.04. The fourth-order valence-electron chi connectivity index (χ4n) is 3.88. The number of hydrogen-bond acceptors (Lipinski definition) is 1. The van der Waals surface area contributed by atoms with Gasteiger partial charge in [0.1, 0.15) is 0 Å². The molecule has 4 fully saturated rings. The van der Waals surface area contributed by atoms with Crippen molar-refractivity contribution in [1.82, 2.24) is 0 Å². The summed E-state index contributed by atoms with van der Waals surface area (Å²) in [6, 6.07) is 0. The summed E-state index contributed by atoms with van der Waals surface area (Å²) in [4.78, 5) is 17.4. The summed E-state index contributed by atoms with van der Waals surface area (Å²) >= 11 is 0. The van der Waals surface area contributed by atoms with E-state index in [2.05, 4.69) is 0 Å². The second kappa shape index (κ2) is 3.51. The van der Waals surface area contributed by atoms with Crippen molar-refractivity contribution >= 4 is 5.78 Å². The van der Waals surface area contributed by atoms with Gasteiger partial charge in [0.25, 0.3) is 0 Å². The smallest absolute Gasteiger partial charge is 0.224 e. The van der Waals surface area contributed by atoms with Crippen LogP contribution in [-0.2, 0) is 4.79 Å². The van der Waals surface area contributed by atoms with Gasteiger partial charge in [0.15, 0.2) is 12.3 Å². The zero-order valence-corrected chi connectivity index (χ0v) is 11.3. The number of carbonyl (C=O) groups excluding carboxylic acids is 1. The van der Waals surface area contributed by atoms with Crippen LogP contribution in [0.4, 0.5) is 0 Å². The first-order valence-electron chi connectivity index (χ1n) is 6.75. The molecule has 0 aromatic heterocycles. The van der Waals surface area contributed by atoms with Gasteiger partial charge in [-0.05, 0) is 0 Å². The lowest BCUT2D eigenvalue weighted by Gasteiger charge is -2.52. The van der Waals surface area contributed by atoms with E-state index in [4.69, 9.17) is 0 Å². The van der Waals surface area contributed by atoms with Crippen LogP contribution in [0.3, 0.4) is 0 Å². The van der Waals surface area contributed by atoms with Crippen molar-refractivity contribution in [2.45, 2.75) is 20.8 Å². The lowest BCUT2D eigenvalue weighted by molar-refractivity contribution is -1.43. The van der Waals surface area contributed by atoms with Gasteiger partial charge >= 0.3 is 0 Å². The summed E-state index contributed by atoms with van der Waals surface area (Å²) in [7, 11) is 0. The molecule has 4 heterocycles. The van der Waals surface area contributed by atoms with Crippen LogP contribution in [0.15, 0.2) is 0 Å². The van der Waals surface area contributed by atoms with Gasteiger partial charge in [-0.3, -0.25) is 4.79 Å². The lowest BCUT2D eigenvalue weighted by Crippen LogP contribution is -3.57. The predicted molar refractivity (Wildman–Crippen MR) is 61.7 cm³/mol. The molecule has 3 N–H and O–H groups in total. The molecule has 0 amide bonds. The standard InChI is InChI=1S/C12H23N4O/c1-12(2,3)11(17)4-16-8-13-5-14(9-16)7-15(6-13)10-16/h4-10H2,1-3H3/q+1/p+3. The van der Waals surface area contributed by atoms with E-state index in [9.17, 15) is 4.79 Å². The van der Waals surface area contributed by atoms with Crippen LogP contribution in [0.2, 0.25) is 0 Å². The molecule has 5 nitrogen and oxygen atoms in total. The molecule has 4 aliphatic rings. The molecular formula is C12H26N4O+4. The molecular weight excluding hydrogens is 216 g/mol. The maximum atomic E-state index is 12.3. The van der Waals surface area contributed by atoms with E-state index in [1.807, 2.05) is 20.8 Å². The van der Waals surface area contributed by atoms with Crippen LogP contribution in [-0.4, -0.2) is 56.8 Å². The van der Waals surface area contributed by atoms with Crippen LogP contribution >= 0.6 is 0 Å². The van der Waals surface area contributed by atoms with Gasteiger partial charge in [0.2, 0.25) is 40.0 Å². The summed E-state index contributed by atoms with van der Waals surface area (Å²) in [5.41, 5.74) is -0.179. The Balaban J connectivity index is 1.76. The van der Waals surface area contributed by atoms with Crippen molar-refractivity contribution in [1.29, 1.82) is 0 Å². The molecule has 0 atom stereocenters. The van der Waals surface area contributed by atoms with Gasteiger partial charge in [-0.15, -0.1) is 0 Å². The van der Waals surface area contributed by atoms with E-state index in [0.29, 0.717) is 5.78 Å². The molecule has 17 heavy (non-hydrogen) atoms. The SMILES string of the molecule is CC(C)(C)C(=O)C[N+]12C[NH+]3C[NH+](C[NH+](C3)C1)C2. The Hall–Kier alpha value is -0.490. The predicted octanol–water partition coefficient (Wildman–Crippen LogP) is -4.14. The van der Waals surface area contributed by atoms with E-state index in [1.54, 1.807) is 14.7 Å². The third-order valence-electron chi connectivity index (χ3n) is 4.49. The van der Waals surface area contributed by atoms with E-state index in [0.717, 1.165) is 11.0 Å². The highest BCUT2D eigenvalue weighted by molar-refractivity contribution is 5.84. The first kappa shape index (κ1) is 11.6. The van der Waals surface area contributed by atoms with Gasteiger partial charge in [0, 0.05) is 5.41 Å². The minimum atomic E-state index is -0.179. The van der Waals surface area contributed by atoms with Crippen LogP contribution < -0.4 is 14.7 Å². The minimum absolute atomic E-state index is 0.179. The number of quaternary nitrogens is 4. The average molecular weight is 242 g/mol. The molecule has 0 unspecified atom stereocenters. The third kappa shape index (κ3) is 2.01. The molecule has 0 spiro atoms. The largest absolute Gasteiger partial charge is 0.293 e. The fourth-order valence-corrected chi connectivity index (χ4v) is 3.88. The highest BCUT2D eigenvalue weighted by Crippen LogP contribution is 2.17. The molecule has 4 saturated heterocycles. The van der Waals surface area contributed by atoms with Gasteiger partial charge in [0.05, 0.1) is 0 Å². The van der Waals surface area contributed by atoms with Crippen molar-refractivity contribution in [2.75, 3.05) is 46.6 Å². The molecule has 4 rings (SSSR count). The molecule has 5 heteroatoms. The topological polar surface area (TPSA) is 30.4 Å². The summed E-state index contributed by atoms with van der Waals surface area (Å²) in [6.07, 6.45) is 0. The monoisotopic (exact) mass is 242 g/mol. The number of hydrogen-bond donors (Lipinski definition) is 3. The average Bonchev–Trinajstić information content (AvgIpc) is 2.12. The zero-order chi connectivity index (χ0) is 12.3. The zero-order valence-electron chi connectivity index (χ0n) is 11.3. The molecule has 4 aliphatic heterocycles. The van der Waals surface area contributed by atoms with Crippen LogP contribution in [0, 0.1) is 5.41 Å². The van der Waals surface area contributed by atoms with Gasteiger partial charge in [-0.25, -0.2) is 0 Å². The Morgan fingerprint density at radius 2 is 1.41 bits per heavy atom. The number of Topliss-reactive ketones (excluding diaryl/α,β-unsaturated/α-hetero) is 1. The highest BCUT2D eigenvalue weighted by atomic mass is 16.1. The van der Waals surface area contributed by atoms with Gasteiger partial charge in [-0.2, -0.15) is 19.2 Å². The maximum Gasteiger partial charge on any atom is 0.224 e. The van der Waals surface area contributed by atoms with Crippen LogP contribution in [0.5, 0.6) is 0 Å². The second-order valence-corrected chi connectivity index (χ2v) is 7.43. The number of nitrogens with zero attached hydrogens (tertiary/aromatic N) is 1. The maximum absolute atomic E-state index is 12.3. The molecule has 0 aliphatic carbocycles. The van der Waals surface area contributed by atoms with Crippen molar-refractivity contribution < 1.29 is 24.0 Å². The Bertz CT molecular complexity index is 312. The Morgan fingerprint density at radius 3 is 1.76 bits per heavy atom. The molecule has 0 aromatic rings. The molecule has 0 saturated carbocycles. The summed E-state index contributed by atoms with van der Waals surface area (Å²) in [5.74, 6) is 0.432. The molecule has 96 valence electrons. The third-order valence-corrected chi connectivity index (χ3v) is 4.49. The van der Waals surface area contributed by atoms with E-state index in [1.165, 1.54) is 40.0 Å². The number of carbonyl (C=O) groups is 1. The molecule has 4 bridgehead atoms. The fraction of sp³-hybridized carbons (Fsp3) is 0.917. The van der Waals surface area contributed by atoms with Crippen molar-refractivity contribution in [3.8, 4) is 0 Å². The normalized spacial score (nSPS) is 44.1. The van der Waals surface area contributed by atoms with Crippen molar-refractivity contribution in [3.63, 3.8) is 0 Å². The van der Waals surface area contributed by atoms with Gasteiger partial charge < -0.3 is 0 Å². The number of nitrogens with one attached hydrogen (secondary N) is 3. The van der Waals surface area contributed by atoms with E-state index in [-0.39, 0.29) is 5.41 Å². The quantitative estimate of drug-likeness (QED) is 0.422. The lowest BCUT2D eigenvalue weighted by atomic mass is 9.90. The molecule has 0 aromatic carbocycles. The van der Waals surface area contributed by atoms with E-state index >= 15 is 0 Å². The Labute approximate surface area is 103 Å². The Morgan fingerprint density at radius 1 is 1.00 bits per heavy atom. The highest BCUT2D eigenvalue weighted by Gasteiger charge is 2.57. The van der Waals surface area contributed by atoms with Crippen molar-refractivity contribution in [2.24, 2.45) is 5.41 Å². The number of rotatable bonds is 2.